The molecule has 1 heterocycles. The summed E-state index contributed by atoms with van der Waals surface area (Å²) in [6, 6.07) is 9.33. The molecule has 1 amide bonds. The zero-order valence-electron chi connectivity index (χ0n) is 20.6. The number of piperidine rings is 1. The molecule has 1 aliphatic heterocycles. The maximum Gasteiger partial charge on any atom is 0.251 e. The van der Waals surface area contributed by atoms with Crippen molar-refractivity contribution in [1.82, 2.24) is 9.62 Å². The average Bonchev–Trinajstić information content (AvgIpc) is 2.82. The third-order valence-corrected chi connectivity index (χ3v) is 7.93. The van der Waals surface area contributed by atoms with Gasteiger partial charge >= 0.3 is 0 Å². The standard InChI is InChI=1S/C25H34N2O6S/c1-16-10-17(2)15-27(14-16)34(29,30)21-9-7-8-19(11-21)25(28)26-18(3)20-12-22(31-4)24(33-6)23(13-20)32-5/h7-9,11-13,16-18H,10,14-15H2,1-6H3,(H,26,28). The molecule has 0 aromatic heterocycles. The van der Waals surface area contributed by atoms with Crippen molar-refractivity contribution < 1.29 is 27.4 Å². The fourth-order valence-electron chi connectivity index (χ4n) is 4.46. The summed E-state index contributed by atoms with van der Waals surface area (Å²) in [4.78, 5) is 13.1. The van der Waals surface area contributed by atoms with Crippen molar-refractivity contribution in [3.8, 4) is 17.2 Å². The number of rotatable bonds is 8. The number of nitrogens with zero attached hydrogens (tertiary/aromatic N) is 1. The normalized spacial score (nSPS) is 19.8. The largest absolute Gasteiger partial charge is 0.493 e. The van der Waals surface area contributed by atoms with Gasteiger partial charge in [0.1, 0.15) is 0 Å². The molecule has 0 spiro atoms. The number of sulfonamides is 1. The van der Waals surface area contributed by atoms with Crippen LogP contribution in [0, 0.1) is 11.8 Å². The van der Waals surface area contributed by atoms with Crippen molar-refractivity contribution in [3.63, 3.8) is 0 Å². The molecule has 2 aromatic carbocycles. The fraction of sp³-hybridized carbons (Fsp3) is 0.480. The number of hydrogen-bond donors (Lipinski definition) is 1. The molecule has 8 nitrogen and oxygen atoms in total. The Morgan fingerprint density at radius 2 is 1.59 bits per heavy atom. The van der Waals surface area contributed by atoms with E-state index in [1.165, 1.54) is 31.7 Å². The maximum atomic E-state index is 13.3. The molecule has 3 atom stereocenters. The predicted molar refractivity (Wildman–Crippen MR) is 130 cm³/mol. The molecule has 1 fully saturated rings. The molecule has 1 saturated heterocycles. The van der Waals surface area contributed by atoms with Gasteiger partial charge in [-0.2, -0.15) is 4.31 Å². The average molecular weight is 491 g/mol. The molecule has 0 bridgehead atoms. The number of ether oxygens (including phenoxy) is 3. The van der Waals surface area contributed by atoms with Crippen LogP contribution in [0.1, 0.15) is 49.2 Å². The van der Waals surface area contributed by atoms with Gasteiger partial charge in [0, 0.05) is 18.7 Å². The van der Waals surface area contributed by atoms with Crippen LogP contribution in [0.4, 0.5) is 0 Å². The highest BCUT2D eigenvalue weighted by Crippen LogP contribution is 2.39. The summed E-state index contributed by atoms with van der Waals surface area (Å²) < 4.78 is 44.2. The van der Waals surface area contributed by atoms with Crippen LogP contribution < -0.4 is 19.5 Å². The zero-order chi connectivity index (χ0) is 25.0. The molecule has 0 aliphatic carbocycles. The van der Waals surface area contributed by atoms with E-state index in [9.17, 15) is 13.2 Å². The summed E-state index contributed by atoms with van der Waals surface area (Å²) in [6.45, 7) is 6.93. The lowest BCUT2D eigenvalue weighted by Gasteiger charge is -2.34. The summed E-state index contributed by atoms with van der Waals surface area (Å²) in [5.74, 6) is 1.64. The van der Waals surface area contributed by atoms with Gasteiger partial charge in [-0.25, -0.2) is 8.42 Å². The van der Waals surface area contributed by atoms with Crippen LogP contribution in [0.3, 0.4) is 0 Å². The van der Waals surface area contributed by atoms with E-state index in [2.05, 4.69) is 19.2 Å². The van der Waals surface area contributed by atoms with Crippen LogP contribution in [0.15, 0.2) is 41.3 Å². The lowest BCUT2D eigenvalue weighted by Crippen LogP contribution is -2.42. The highest BCUT2D eigenvalue weighted by Gasteiger charge is 2.32. The first-order valence-electron chi connectivity index (χ1n) is 11.3. The minimum Gasteiger partial charge on any atom is -0.493 e. The van der Waals surface area contributed by atoms with Crippen molar-refractivity contribution in [2.24, 2.45) is 11.8 Å². The molecule has 2 aromatic rings. The zero-order valence-corrected chi connectivity index (χ0v) is 21.4. The smallest absolute Gasteiger partial charge is 0.251 e. The van der Waals surface area contributed by atoms with Gasteiger partial charge in [-0.15, -0.1) is 0 Å². The van der Waals surface area contributed by atoms with Crippen molar-refractivity contribution >= 4 is 15.9 Å². The van der Waals surface area contributed by atoms with Gasteiger partial charge in [-0.05, 0) is 61.1 Å². The third-order valence-electron chi connectivity index (χ3n) is 6.10. The fourth-order valence-corrected chi connectivity index (χ4v) is 6.19. The van der Waals surface area contributed by atoms with E-state index in [4.69, 9.17) is 14.2 Å². The summed E-state index contributed by atoms with van der Waals surface area (Å²) in [6.07, 6.45) is 1.01. The Morgan fingerprint density at radius 3 is 2.12 bits per heavy atom. The quantitative estimate of drug-likeness (QED) is 0.604. The van der Waals surface area contributed by atoms with Crippen LogP contribution in [0.5, 0.6) is 17.2 Å². The van der Waals surface area contributed by atoms with Crippen LogP contribution in [0.2, 0.25) is 0 Å². The molecule has 3 rings (SSSR count). The van der Waals surface area contributed by atoms with Gasteiger partial charge in [-0.3, -0.25) is 4.79 Å². The molecule has 34 heavy (non-hydrogen) atoms. The number of carbonyl (C=O) groups excluding carboxylic acids is 1. The van der Waals surface area contributed by atoms with Gasteiger partial charge in [0.2, 0.25) is 15.8 Å². The first-order chi connectivity index (χ1) is 16.1. The SMILES string of the molecule is COc1cc(C(C)NC(=O)c2cccc(S(=O)(=O)N3CC(C)CC(C)C3)c2)cc(OC)c1OC. The summed E-state index contributed by atoms with van der Waals surface area (Å²) >= 11 is 0. The first-order valence-corrected chi connectivity index (χ1v) is 12.8. The van der Waals surface area contributed by atoms with Crippen LogP contribution in [-0.4, -0.2) is 53.0 Å². The van der Waals surface area contributed by atoms with E-state index in [1.807, 2.05) is 6.92 Å². The second-order valence-corrected chi connectivity index (χ2v) is 10.9. The second kappa shape index (κ2) is 10.7. The van der Waals surface area contributed by atoms with E-state index < -0.39 is 16.1 Å². The van der Waals surface area contributed by atoms with Gasteiger partial charge in [0.15, 0.2) is 11.5 Å². The maximum absolute atomic E-state index is 13.3. The predicted octanol–water partition coefficient (Wildman–Crippen LogP) is 3.87. The Hall–Kier alpha value is -2.78. The summed E-state index contributed by atoms with van der Waals surface area (Å²) in [7, 11) is 0.897. The second-order valence-electron chi connectivity index (χ2n) is 8.95. The molecule has 9 heteroatoms. The van der Waals surface area contributed by atoms with Gasteiger partial charge < -0.3 is 19.5 Å². The Kier molecular flexibility index (Phi) is 8.09. The lowest BCUT2D eigenvalue weighted by molar-refractivity contribution is 0.0939. The molecular weight excluding hydrogens is 456 g/mol. The molecule has 1 aliphatic rings. The number of hydrogen-bond acceptors (Lipinski definition) is 6. The summed E-state index contributed by atoms with van der Waals surface area (Å²) in [5.41, 5.74) is 1.03. The number of benzene rings is 2. The van der Waals surface area contributed by atoms with E-state index in [1.54, 1.807) is 30.3 Å². The van der Waals surface area contributed by atoms with Gasteiger partial charge in [0.05, 0.1) is 32.3 Å². The minimum atomic E-state index is -3.68. The number of amides is 1. The van der Waals surface area contributed by atoms with Gasteiger partial charge in [0.25, 0.3) is 5.91 Å². The van der Waals surface area contributed by atoms with Crippen molar-refractivity contribution in [1.29, 1.82) is 0 Å². The Bertz CT molecular complexity index is 1100. The van der Waals surface area contributed by atoms with Crippen molar-refractivity contribution in [2.75, 3.05) is 34.4 Å². The highest BCUT2D eigenvalue weighted by molar-refractivity contribution is 7.89. The third kappa shape index (κ3) is 5.47. The molecule has 186 valence electrons. The van der Waals surface area contributed by atoms with E-state index in [-0.39, 0.29) is 16.4 Å². The number of methoxy groups -OCH3 is 3. The first kappa shape index (κ1) is 25.8. The number of nitrogens with one attached hydrogen (secondary N) is 1. The van der Waals surface area contributed by atoms with Crippen LogP contribution in [-0.2, 0) is 10.0 Å². The van der Waals surface area contributed by atoms with Crippen LogP contribution >= 0.6 is 0 Å². The highest BCUT2D eigenvalue weighted by atomic mass is 32.2. The lowest BCUT2D eigenvalue weighted by atomic mass is 9.94. The van der Waals surface area contributed by atoms with Crippen LogP contribution in [0.25, 0.3) is 0 Å². The Labute approximate surface area is 202 Å². The van der Waals surface area contributed by atoms with Gasteiger partial charge in [-0.1, -0.05) is 19.9 Å². The molecular formula is C25H34N2O6S. The minimum absolute atomic E-state index is 0.127. The Morgan fingerprint density at radius 1 is 1.00 bits per heavy atom. The van der Waals surface area contributed by atoms with E-state index in [0.29, 0.717) is 42.2 Å². The molecule has 1 N–H and O–H groups in total. The number of carbonyl (C=O) groups is 1. The summed E-state index contributed by atoms with van der Waals surface area (Å²) in [5, 5.41) is 2.93. The molecule has 0 radical (unpaired) electrons. The molecule has 3 unspecified atom stereocenters. The topological polar surface area (TPSA) is 94.2 Å². The van der Waals surface area contributed by atoms with E-state index >= 15 is 0 Å². The monoisotopic (exact) mass is 490 g/mol. The van der Waals surface area contributed by atoms with Crippen molar-refractivity contribution in [2.45, 2.75) is 38.1 Å². The van der Waals surface area contributed by atoms with E-state index in [0.717, 1.165) is 12.0 Å². The Balaban J connectivity index is 1.82. The van der Waals surface area contributed by atoms with Crippen molar-refractivity contribution in [3.05, 3.63) is 47.5 Å². The molecule has 0 saturated carbocycles.